The summed E-state index contributed by atoms with van der Waals surface area (Å²) >= 11 is 1.53. The Labute approximate surface area is 160 Å². The number of hydrogen-bond acceptors (Lipinski definition) is 5. The molecule has 0 saturated carbocycles. The Morgan fingerprint density at radius 1 is 1.19 bits per heavy atom. The molecule has 0 radical (unpaired) electrons. The minimum atomic E-state index is -0.977. The Morgan fingerprint density at radius 2 is 1.73 bits per heavy atom. The van der Waals surface area contributed by atoms with Gasteiger partial charge in [-0.1, -0.05) is 53.3 Å². The van der Waals surface area contributed by atoms with E-state index in [0.717, 1.165) is 16.0 Å². The van der Waals surface area contributed by atoms with Gasteiger partial charge < -0.3 is 19.7 Å². The Bertz CT molecular complexity index is 622. The van der Waals surface area contributed by atoms with Crippen LogP contribution >= 0.6 is 11.8 Å². The van der Waals surface area contributed by atoms with Gasteiger partial charge in [0.15, 0.2) is 0 Å². The van der Waals surface area contributed by atoms with Crippen LogP contribution in [0.15, 0.2) is 17.0 Å². The Morgan fingerprint density at radius 3 is 2.19 bits per heavy atom. The Kier molecular flexibility index (Phi) is 6.31. The number of ether oxygens (including phenoxy) is 2. The van der Waals surface area contributed by atoms with E-state index in [2.05, 4.69) is 41.5 Å². The van der Waals surface area contributed by atoms with E-state index in [-0.39, 0.29) is 29.0 Å². The third-order valence-electron chi connectivity index (χ3n) is 4.36. The number of phenols is 1. The molecule has 0 amide bonds. The molecular weight excluding hydrogens is 352 g/mol. The van der Waals surface area contributed by atoms with Gasteiger partial charge in [0, 0.05) is 22.4 Å². The zero-order chi connectivity index (χ0) is 19.7. The first kappa shape index (κ1) is 21.1. The second-order valence-electron chi connectivity index (χ2n) is 8.76. The van der Waals surface area contributed by atoms with E-state index >= 15 is 0 Å². The minimum Gasteiger partial charge on any atom is -0.507 e. The van der Waals surface area contributed by atoms with Gasteiger partial charge in [0.1, 0.15) is 17.8 Å². The molecule has 0 aliphatic carbocycles. The number of aromatic hydroxyl groups is 1. The van der Waals surface area contributed by atoms with Gasteiger partial charge >= 0.3 is 5.97 Å². The smallest absolute Gasteiger partial charge is 0.329 e. The Hall–Kier alpha value is -1.24. The highest BCUT2D eigenvalue weighted by molar-refractivity contribution is 7.99. The summed E-state index contributed by atoms with van der Waals surface area (Å²) in [5.41, 5.74) is 1.15. The van der Waals surface area contributed by atoms with Crippen LogP contribution in [0.1, 0.15) is 59.1 Å². The molecule has 26 heavy (non-hydrogen) atoms. The van der Waals surface area contributed by atoms with Gasteiger partial charge in [0.2, 0.25) is 0 Å². The third kappa shape index (κ3) is 5.15. The zero-order valence-electron chi connectivity index (χ0n) is 16.5. The van der Waals surface area contributed by atoms with Crippen LogP contribution in [-0.4, -0.2) is 40.9 Å². The first-order chi connectivity index (χ1) is 11.9. The van der Waals surface area contributed by atoms with E-state index in [1.807, 2.05) is 12.1 Å². The summed E-state index contributed by atoms with van der Waals surface area (Å²) in [7, 11) is 0. The Balaban J connectivity index is 2.32. The first-order valence-corrected chi connectivity index (χ1v) is 9.77. The lowest BCUT2D eigenvalue weighted by Gasteiger charge is -2.28. The average molecular weight is 383 g/mol. The second kappa shape index (κ2) is 7.79. The van der Waals surface area contributed by atoms with Crippen molar-refractivity contribution in [2.75, 3.05) is 13.2 Å². The second-order valence-corrected chi connectivity index (χ2v) is 9.93. The van der Waals surface area contributed by atoms with E-state index in [0.29, 0.717) is 18.8 Å². The largest absolute Gasteiger partial charge is 0.507 e. The molecule has 2 N–H and O–H groups in total. The molecule has 146 valence electrons. The predicted molar refractivity (Wildman–Crippen MR) is 103 cm³/mol. The van der Waals surface area contributed by atoms with Crippen molar-refractivity contribution >= 4 is 17.7 Å². The maximum atomic E-state index is 10.8. The molecule has 2 atom stereocenters. The lowest BCUT2D eigenvalue weighted by atomic mass is 9.79. The molecule has 1 saturated heterocycles. The number of thioether (sulfide) groups is 1. The fourth-order valence-electron chi connectivity index (χ4n) is 2.95. The van der Waals surface area contributed by atoms with E-state index in [4.69, 9.17) is 14.6 Å². The monoisotopic (exact) mass is 382 g/mol. The van der Waals surface area contributed by atoms with Gasteiger partial charge in [-0.05, 0) is 23.0 Å². The quantitative estimate of drug-likeness (QED) is 0.791. The van der Waals surface area contributed by atoms with E-state index in [1.165, 1.54) is 11.8 Å². The van der Waals surface area contributed by atoms with Gasteiger partial charge in [-0.15, -0.1) is 0 Å². The fourth-order valence-corrected chi connectivity index (χ4v) is 4.12. The molecule has 2 unspecified atom stereocenters. The van der Waals surface area contributed by atoms with Gasteiger partial charge in [0.05, 0.1) is 12.7 Å². The topological polar surface area (TPSA) is 76.0 Å². The highest BCUT2D eigenvalue weighted by Crippen LogP contribution is 2.43. The van der Waals surface area contributed by atoms with Crippen molar-refractivity contribution in [2.45, 2.75) is 75.2 Å². The van der Waals surface area contributed by atoms with Crippen LogP contribution in [0, 0.1) is 0 Å². The molecule has 0 spiro atoms. The maximum absolute atomic E-state index is 10.8. The van der Waals surface area contributed by atoms with Crippen LogP contribution in [-0.2, 0) is 25.1 Å². The number of hydrogen-bond donors (Lipinski definition) is 2. The van der Waals surface area contributed by atoms with Crippen molar-refractivity contribution in [2.24, 2.45) is 0 Å². The van der Waals surface area contributed by atoms with Crippen LogP contribution in [0.3, 0.4) is 0 Å². The molecule has 1 aliphatic heterocycles. The number of benzene rings is 1. The van der Waals surface area contributed by atoms with Crippen LogP contribution in [0.5, 0.6) is 5.75 Å². The van der Waals surface area contributed by atoms with Crippen molar-refractivity contribution in [3.8, 4) is 5.75 Å². The summed E-state index contributed by atoms with van der Waals surface area (Å²) in [4.78, 5) is 11.8. The third-order valence-corrected chi connectivity index (χ3v) is 5.54. The van der Waals surface area contributed by atoms with Crippen molar-refractivity contribution in [1.82, 2.24) is 0 Å². The molecule has 0 bridgehead atoms. The van der Waals surface area contributed by atoms with Gasteiger partial charge in [-0.25, -0.2) is 4.79 Å². The standard InChI is InChI=1S/C20H30O5S/c1-19(2,3)13-9-12(10-14(17(13)23)20(4,5)6)26-18-15(7-8-24-18)25-11-16(21)22/h9-10,15,18,23H,7-8,11H2,1-6H3,(H,21,22). The van der Waals surface area contributed by atoms with Crippen molar-refractivity contribution < 1.29 is 24.5 Å². The normalized spacial score (nSPS) is 21.2. The molecule has 1 fully saturated rings. The summed E-state index contributed by atoms with van der Waals surface area (Å²) in [6.45, 7) is 12.7. The molecule has 6 heteroatoms. The van der Waals surface area contributed by atoms with Crippen molar-refractivity contribution in [1.29, 1.82) is 0 Å². The summed E-state index contributed by atoms with van der Waals surface area (Å²) in [5.74, 6) is -0.629. The lowest BCUT2D eigenvalue weighted by molar-refractivity contribution is -0.144. The molecule has 1 heterocycles. The van der Waals surface area contributed by atoms with Crippen LogP contribution < -0.4 is 0 Å². The number of aliphatic carboxylic acids is 1. The van der Waals surface area contributed by atoms with Crippen LogP contribution in [0.25, 0.3) is 0 Å². The maximum Gasteiger partial charge on any atom is 0.329 e. The summed E-state index contributed by atoms with van der Waals surface area (Å²) < 4.78 is 11.2. The molecule has 1 aliphatic rings. The first-order valence-electron chi connectivity index (χ1n) is 8.89. The van der Waals surface area contributed by atoms with Gasteiger partial charge in [-0.3, -0.25) is 0 Å². The summed E-state index contributed by atoms with van der Waals surface area (Å²) in [5, 5.41) is 19.6. The van der Waals surface area contributed by atoms with E-state index in [1.54, 1.807) is 0 Å². The minimum absolute atomic E-state index is 0.198. The average Bonchev–Trinajstić information content (AvgIpc) is 2.91. The fraction of sp³-hybridized carbons (Fsp3) is 0.650. The molecule has 0 aromatic heterocycles. The summed E-state index contributed by atoms with van der Waals surface area (Å²) in [6.07, 6.45) is 0.433. The molecular formula is C20H30O5S. The highest BCUT2D eigenvalue weighted by atomic mass is 32.2. The highest BCUT2D eigenvalue weighted by Gasteiger charge is 2.32. The number of carbonyl (C=O) groups is 1. The molecule has 2 rings (SSSR count). The lowest BCUT2D eigenvalue weighted by Crippen LogP contribution is -2.24. The number of rotatable bonds is 5. The molecule has 1 aromatic rings. The molecule has 5 nitrogen and oxygen atoms in total. The predicted octanol–water partition coefficient (Wildman–Crippen LogP) is 4.30. The van der Waals surface area contributed by atoms with E-state index < -0.39 is 5.97 Å². The van der Waals surface area contributed by atoms with Gasteiger partial charge in [0.25, 0.3) is 0 Å². The SMILES string of the molecule is CC(C)(C)c1cc(SC2OCCC2OCC(=O)O)cc(C(C)(C)C)c1O. The molecule has 1 aromatic carbocycles. The summed E-state index contributed by atoms with van der Waals surface area (Å²) in [6, 6.07) is 4.01. The van der Waals surface area contributed by atoms with Crippen LogP contribution in [0.2, 0.25) is 0 Å². The van der Waals surface area contributed by atoms with Crippen molar-refractivity contribution in [3.63, 3.8) is 0 Å². The van der Waals surface area contributed by atoms with Crippen LogP contribution in [0.4, 0.5) is 0 Å². The van der Waals surface area contributed by atoms with Gasteiger partial charge in [-0.2, -0.15) is 0 Å². The number of carboxylic acid groups (broad SMARTS) is 1. The zero-order valence-corrected chi connectivity index (χ0v) is 17.3. The number of phenolic OH excluding ortho intramolecular Hbond substituents is 1. The van der Waals surface area contributed by atoms with Crippen molar-refractivity contribution in [3.05, 3.63) is 23.3 Å². The van der Waals surface area contributed by atoms with E-state index in [9.17, 15) is 9.90 Å². The number of carboxylic acids is 1.